The molecule has 2 fully saturated rings. The molecule has 0 spiro atoms. The number of likely N-dealkylation sites (tertiary alicyclic amines) is 1. The lowest BCUT2D eigenvalue weighted by Crippen LogP contribution is -2.46. The predicted molar refractivity (Wildman–Crippen MR) is 91.8 cm³/mol. The quantitative estimate of drug-likeness (QED) is 0.867. The summed E-state index contributed by atoms with van der Waals surface area (Å²) in [6.07, 6.45) is 10.2. The van der Waals surface area contributed by atoms with E-state index in [1.54, 1.807) is 6.20 Å². The number of thiazole rings is 1. The lowest BCUT2D eigenvalue weighted by Gasteiger charge is -2.32. The van der Waals surface area contributed by atoms with E-state index < -0.39 is 0 Å². The Balaban J connectivity index is 1.38. The highest BCUT2D eigenvalue weighted by Gasteiger charge is 2.23. The van der Waals surface area contributed by atoms with Crippen LogP contribution in [0.2, 0.25) is 0 Å². The molecular weight excluding hydrogens is 310 g/mol. The van der Waals surface area contributed by atoms with Crippen molar-refractivity contribution >= 4 is 17.2 Å². The summed E-state index contributed by atoms with van der Waals surface area (Å²) in [5.74, 6) is 0.688. The number of carbonyl (C=O) groups excluding carboxylic acids is 1. The Hall–Kier alpha value is -1.14. The second kappa shape index (κ2) is 8.64. The van der Waals surface area contributed by atoms with Crippen LogP contribution >= 0.6 is 11.3 Å². The summed E-state index contributed by atoms with van der Waals surface area (Å²) in [6.45, 7) is 3.20. The molecule has 0 radical (unpaired) electrons. The third-order valence-electron chi connectivity index (χ3n) is 4.79. The van der Waals surface area contributed by atoms with Crippen LogP contribution in [0, 0.1) is 5.92 Å². The van der Waals surface area contributed by atoms with Gasteiger partial charge in [-0.3, -0.25) is 9.69 Å². The standard InChI is InChI=1S/C17H27N3O2S/c21-16(19-15-6-2-1-3-7-15)12-20-9-4-5-14(11-20)13-22-17-18-8-10-23-17/h8,10,14-15H,1-7,9,11-13H2,(H,19,21). The van der Waals surface area contributed by atoms with Crippen LogP contribution in [0.15, 0.2) is 11.6 Å². The smallest absolute Gasteiger partial charge is 0.273 e. The van der Waals surface area contributed by atoms with Gasteiger partial charge in [0.05, 0.1) is 13.2 Å². The third kappa shape index (κ3) is 5.46. The minimum atomic E-state index is 0.193. The van der Waals surface area contributed by atoms with E-state index in [0.29, 0.717) is 25.1 Å². The Bertz CT molecular complexity index is 474. The molecule has 1 saturated heterocycles. The van der Waals surface area contributed by atoms with Gasteiger partial charge in [0.15, 0.2) is 0 Å². The molecule has 3 rings (SSSR count). The van der Waals surface area contributed by atoms with Crippen LogP contribution in [-0.2, 0) is 4.79 Å². The average Bonchev–Trinajstić information content (AvgIpc) is 3.07. The second-order valence-corrected chi connectivity index (χ2v) is 7.61. The topological polar surface area (TPSA) is 54.5 Å². The number of amides is 1. The van der Waals surface area contributed by atoms with Gasteiger partial charge in [0.2, 0.25) is 5.91 Å². The Kier molecular flexibility index (Phi) is 6.28. The SMILES string of the molecule is O=C(CN1CCCC(COc2nccs2)C1)NC1CCCCC1. The number of hydrogen-bond acceptors (Lipinski definition) is 5. The van der Waals surface area contributed by atoms with Gasteiger partial charge in [0, 0.05) is 30.1 Å². The second-order valence-electron chi connectivity index (χ2n) is 6.75. The molecule has 0 aromatic carbocycles. The van der Waals surface area contributed by atoms with E-state index in [4.69, 9.17) is 4.74 Å². The first-order valence-corrected chi connectivity index (χ1v) is 9.71. The number of rotatable bonds is 6. The minimum absolute atomic E-state index is 0.193. The first-order valence-electron chi connectivity index (χ1n) is 8.83. The largest absolute Gasteiger partial charge is 0.470 e. The summed E-state index contributed by atoms with van der Waals surface area (Å²) in [7, 11) is 0. The summed E-state index contributed by atoms with van der Waals surface area (Å²) in [6, 6.07) is 0.407. The third-order valence-corrected chi connectivity index (χ3v) is 5.48. The van der Waals surface area contributed by atoms with Crippen LogP contribution in [0.3, 0.4) is 0 Å². The molecule has 1 aromatic rings. The zero-order valence-corrected chi connectivity index (χ0v) is 14.5. The molecule has 0 bridgehead atoms. The maximum absolute atomic E-state index is 12.2. The van der Waals surface area contributed by atoms with Gasteiger partial charge in [0.1, 0.15) is 0 Å². The highest BCUT2D eigenvalue weighted by Crippen LogP contribution is 2.20. The number of hydrogen-bond donors (Lipinski definition) is 1. The maximum Gasteiger partial charge on any atom is 0.273 e. The molecule has 6 heteroatoms. The van der Waals surface area contributed by atoms with E-state index in [1.807, 2.05) is 5.38 Å². The fourth-order valence-electron chi connectivity index (χ4n) is 3.63. The van der Waals surface area contributed by atoms with E-state index >= 15 is 0 Å². The van der Waals surface area contributed by atoms with Crippen molar-refractivity contribution in [3.8, 4) is 5.19 Å². The Morgan fingerprint density at radius 3 is 2.96 bits per heavy atom. The van der Waals surface area contributed by atoms with Crippen LogP contribution in [-0.4, -0.2) is 48.1 Å². The van der Waals surface area contributed by atoms with Gasteiger partial charge in [0.25, 0.3) is 5.19 Å². The van der Waals surface area contributed by atoms with Crippen LogP contribution in [0.5, 0.6) is 5.19 Å². The van der Waals surface area contributed by atoms with Crippen molar-refractivity contribution in [3.63, 3.8) is 0 Å². The monoisotopic (exact) mass is 337 g/mol. The van der Waals surface area contributed by atoms with Crippen LogP contribution < -0.4 is 10.1 Å². The van der Waals surface area contributed by atoms with Gasteiger partial charge in [-0.2, -0.15) is 0 Å². The average molecular weight is 337 g/mol. The lowest BCUT2D eigenvalue weighted by molar-refractivity contribution is -0.123. The van der Waals surface area contributed by atoms with Crippen molar-refractivity contribution in [2.75, 3.05) is 26.2 Å². The molecule has 1 saturated carbocycles. The number of nitrogens with one attached hydrogen (secondary N) is 1. The summed E-state index contributed by atoms with van der Waals surface area (Å²) in [4.78, 5) is 18.7. The highest BCUT2D eigenvalue weighted by atomic mass is 32.1. The molecule has 128 valence electrons. The molecule has 1 aliphatic heterocycles. The van der Waals surface area contributed by atoms with E-state index in [-0.39, 0.29) is 5.91 Å². The van der Waals surface area contributed by atoms with Crippen molar-refractivity contribution in [2.24, 2.45) is 5.92 Å². The molecule has 1 unspecified atom stereocenters. The van der Waals surface area contributed by atoms with E-state index in [1.165, 1.54) is 37.0 Å². The number of aromatic nitrogens is 1. The Labute approximate surface area is 142 Å². The van der Waals surface area contributed by atoms with Crippen molar-refractivity contribution in [1.82, 2.24) is 15.2 Å². The molecule has 1 atom stereocenters. The number of nitrogens with zero attached hydrogens (tertiary/aromatic N) is 2. The van der Waals surface area contributed by atoms with Crippen molar-refractivity contribution in [3.05, 3.63) is 11.6 Å². The zero-order valence-electron chi connectivity index (χ0n) is 13.7. The maximum atomic E-state index is 12.2. The van der Waals surface area contributed by atoms with Crippen molar-refractivity contribution < 1.29 is 9.53 Å². The number of carbonyl (C=O) groups is 1. The molecule has 1 aliphatic carbocycles. The van der Waals surface area contributed by atoms with Crippen molar-refractivity contribution in [1.29, 1.82) is 0 Å². The molecule has 1 amide bonds. The molecule has 23 heavy (non-hydrogen) atoms. The minimum Gasteiger partial charge on any atom is -0.470 e. The van der Waals surface area contributed by atoms with Gasteiger partial charge in [-0.15, -0.1) is 0 Å². The first-order chi connectivity index (χ1) is 11.3. The van der Waals surface area contributed by atoms with Crippen LogP contribution in [0.4, 0.5) is 0 Å². The summed E-state index contributed by atoms with van der Waals surface area (Å²) >= 11 is 1.53. The Morgan fingerprint density at radius 1 is 1.30 bits per heavy atom. The van der Waals surface area contributed by atoms with Crippen molar-refractivity contribution in [2.45, 2.75) is 51.0 Å². The molecular formula is C17H27N3O2S. The number of piperidine rings is 1. The molecule has 1 N–H and O–H groups in total. The zero-order chi connectivity index (χ0) is 15.9. The van der Waals surface area contributed by atoms with Crippen LogP contribution in [0.25, 0.3) is 0 Å². The van der Waals surface area contributed by atoms with Gasteiger partial charge in [-0.05, 0) is 32.2 Å². The first kappa shape index (κ1) is 16.7. The molecule has 2 aliphatic rings. The van der Waals surface area contributed by atoms with E-state index in [2.05, 4.69) is 15.2 Å². The molecule has 1 aromatic heterocycles. The number of ether oxygens (including phenoxy) is 1. The fourth-order valence-corrected chi connectivity index (χ4v) is 4.12. The van der Waals surface area contributed by atoms with E-state index in [0.717, 1.165) is 37.5 Å². The van der Waals surface area contributed by atoms with Gasteiger partial charge in [-0.1, -0.05) is 30.6 Å². The van der Waals surface area contributed by atoms with Crippen LogP contribution in [0.1, 0.15) is 44.9 Å². The molecule has 5 nitrogen and oxygen atoms in total. The highest BCUT2D eigenvalue weighted by molar-refractivity contribution is 7.11. The summed E-state index contributed by atoms with van der Waals surface area (Å²) in [5, 5.41) is 5.89. The fraction of sp³-hybridized carbons (Fsp3) is 0.765. The predicted octanol–water partition coefficient (Wildman–Crippen LogP) is 2.68. The van der Waals surface area contributed by atoms with E-state index in [9.17, 15) is 4.79 Å². The molecule has 2 heterocycles. The normalized spacial score (nSPS) is 23.6. The Morgan fingerprint density at radius 2 is 2.17 bits per heavy atom. The van der Waals surface area contributed by atoms with Gasteiger partial charge < -0.3 is 10.1 Å². The summed E-state index contributed by atoms with van der Waals surface area (Å²) in [5.41, 5.74) is 0. The lowest BCUT2D eigenvalue weighted by atomic mass is 9.95. The van der Waals surface area contributed by atoms with Gasteiger partial charge in [-0.25, -0.2) is 4.98 Å². The summed E-state index contributed by atoms with van der Waals surface area (Å²) < 4.78 is 5.74. The van der Waals surface area contributed by atoms with Gasteiger partial charge >= 0.3 is 0 Å².